The summed E-state index contributed by atoms with van der Waals surface area (Å²) in [5.41, 5.74) is 3.93. The number of ether oxygens (including phenoxy) is 8. The first-order valence-electron chi connectivity index (χ1n) is 47.1. The van der Waals surface area contributed by atoms with Crippen LogP contribution >= 0.6 is 28.9 Å². The quantitative estimate of drug-likeness (QED) is 0.0212. The van der Waals surface area contributed by atoms with Crippen LogP contribution in [0.25, 0.3) is 0 Å². The first kappa shape index (κ1) is 102. The predicted octanol–water partition coefficient (Wildman–Crippen LogP) is 22.1. The first-order chi connectivity index (χ1) is 69.9. The molecule has 0 unspecified atom stereocenters. The van der Waals surface area contributed by atoms with E-state index in [1.54, 1.807) is 331 Å². The molecule has 0 heterocycles. The Bertz CT molecular complexity index is 6910. The molecule has 0 fully saturated rings. The van der Waals surface area contributed by atoms with Gasteiger partial charge in [0, 0.05) is 31.8 Å². The number of hydrogen-bond donors (Lipinski definition) is 1. The molecule has 1 N–H and O–H groups in total. The van der Waals surface area contributed by atoms with Crippen LogP contribution in [-0.2, 0) is 59.1 Å². The van der Waals surface area contributed by atoms with Crippen molar-refractivity contribution in [2.24, 2.45) is 5.41 Å². The van der Waals surface area contributed by atoms with E-state index in [0.717, 1.165) is 22.3 Å². The standard InChI is InChI=1S/C121H106O20P4/c1-81-65-85(5)109(117(126)142(130,97-33-17-9-18-34-97)98-35-19-10-20-36-98)105(69-81)134-73-89-49-57-93(58-50-89)113(122)138-77-121(78-139-114(123)94-59-51-90(52-60-94)74-135-106-70-82(2)66-86(6)110(106)118(127)143(131,99-37-21-11-22-38-99)100-39-23-12-24-40-100,79-140-115(124)95-61-53-91(54-62-95)75-136-107-71-83(3)67-87(7)111(107)119(128)144(132,101-41-25-13-26-42-101)102-43-27-14-28-44-102)80-141-116(125)96-63-55-92(56-64-96)76-137-108-72-84(4)68-88(8)112(108)120(129)145(133,103-45-29-15-30-46-103)104-47-31-16-32-48-104/h9-72,130,142H,73-80H2,1-8H3. The summed E-state index contributed by atoms with van der Waals surface area (Å²) in [6.07, 6.45) is 0. The fraction of sp³-hybridized carbons (Fsp3) is 0.140. The normalized spacial score (nSPS) is 11.7. The van der Waals surface area contributed by atoms with E-state index >= 15 is 32.9 Å². The zero-order valence-corrected chi connectivity index (χ0v) is 84.8. The molecular formula is C121H106O20P4. The molecule has 0 spiro atoms. The smallest absolute Gasteiger partial charge is 0.0162 e. The van der Waals surface area contributed by atoms with Gasteiger partial charge in [0.2, 0.25) is 38.0 Å². The zero-order valence-electron chi connectivity index (χ0n) is 81.2. The summed E-state index contributed by atoms with van der Waals surface area (Å²) >= 11 is 0. The number of hydrogen-bond acceptors (Lipinski definition) is 20. The van der Waals surface area contributed by atoms with Crippen LogP contribution in [0.1, 0.15) is 150 Å². The maximum atomic E-state index is 15.5. The van der Waals surface area contributed by atoms with E-state index in [2.05, 4.69) is 0 Å². The fourth-order valence-corrected chi connectivity index (χ4v) is 28.3. The van der Waals surface area contributed by atoms with E-state index in [4.69, 9.17) is 37.9 Å². The molecule has 0 radical (unpaired) electrons. The van der Waals surface area contributed by atoms with Gasteiger partial charge in [-0.1, -0.05) is 237 Å². The van der Waals surface area contributed by atoms with Crippen LogP contribution < -0.4 is 61.4 Å². The number of esters is 4. The van der Waals surface area contributed by atoms with Crippen molar-refractivity contribution >= 4 is 117 Å². The Morgan fingerprint density at radius 1 is 0.248 bits per heavy atom. The topological polar surface area (TPSA) is 282 Å². The van der Waals surface area contributed by atoms with Crippen molar-refractivity contribution in [3.05, 3.63) is 500 Å². The van der Waals surface area contributed by atoms with Gasteiger partial charge in [-0.15, -0.1) is 0 Å². The Labute approximate surface area is 842 Å². The van der Waals surface area contributed by atoms with Crippen LogP contribution in [0.4, 0.5) is 0 Å². The van der Waals surface area contributed by atoms with E-state index in [0.29, 0.717) is 86.9 Å². The molecule has 16 aromatic carbocycles. The number of carbonyl (C=O) groups excluding carboxylic acids is 8. The minimum absolute atomic E-state index is 0.0114. The van der Waals surface area contributed by atoms with Gasteiger partial charge in [0.05, 0.1) is 33.4 Å². The molecule has 0 amide bonds. The van der Waals surface area contributed by atoms with Gasteiger partial charge in [-0.2, -0.15) is 0 Å². The molecule has 0 bridgehead atoms. The molecular weight excluding hydrogens is 1900 g/mol. The van der Waals surface area contributed by atoms with Crippen molar-refractivity contribution in [1.29, 1.82) is 0 Å². The molecule has 16 rings (SSSR count). The van der Waals surface area contributed by atoms with Crippen LogP contribution in [-0.4, -0.2) is 77.3 Å². The monoisotopic (exact) mass is 2000 g/mol. The number of aryl methyl sites for hydroxylation is 8. The average Bonchev–Trinajstić information content (AvgIpc) is 0.763. The second-order valence-corrected chi connectivity index (χ2v) is 47.1. The van der Waals surface area contributed by atoms with Crippen LogP contribution in [0.3, 0.4) is 0 Å². The molecule has 730 valence electrons. The van der Waals surface area contributed by atoms with Crippen LogP contribution in [0.5, 0.6) is 23.0 Å². The van der Waals surface area contributed by atoms with Crippen LogP contribution in [0.15, 0.2) is 388 Å². The van der Waals surface area contributed by atoms with Crippen molar-refractivity contribution in [1.82, 2.24) is 0 Å². The third-order valence-electron chi connectivity index (χ3n) is 25.3. The van der Waals surface area contributed by atoms with E-state index in [1.807, 2.05) is 64.1 Å². The third kappa shape index (κ3) is 22.7. The first-order valence-corrected chi connectivity index (χ1v) is 54.2. The summed E-state index contributed by atoms with van der Waals surface area (Å²) < 4.78 is 97.6. The maximum Gasteiger partial charge on any atom is -0.0162 e. The molecule has 16 aromatic rings. The van der Waals surface area contributed by atoms with Crippen molar-refractivity contribution in [2.75, 3.05) is 26.4 Å². The Morgan fingerprint density at radius 2 is 0.434 bits per heavy atom. The van der Waals surface area contributed by atoms with Gasteiger partial charge < -0.3 is 42.1 Å². The molecule has 0 aliphatic carbocycles. The average molecular weight is 2000 g/mol. The zero-order chi connectivity index (χ0) is 102. The van der Waals surface area contributed by atoms with Gasteiger partial charge in [0.15, 0.2) is 0 Å². The Morgan fingerprint density at radius 3 is 0.641 bits per heavy atom. The van der Waals surface area contributed by atoms with Gasteiger partial charge in [0.25, 0.3) is 0 Å². The molecule has 0 aromatic heterocycles. The number of benzene rings is 16. The number of rotatable bonds is 40. The van der Waals surface area contributed by atoms with E-state index in [-0.39, 0.29) is 93.9 Å². The second kappa shape index (κ2) is 45.3. The van der Waals surface area contributed by atoms with Crippen molar-refractivity contribution < 1.29 is 94.8 Å². The number of carbonyl (C=O) groups is 8. The predicted molar refractivity (Wildman–Crippen MR) is 570 cm³/mol. The molecule has 24 heteroatoms. The van der Waals surface area contributed by atoms with Crippen LogP contribution in [0, 0.1) is 60.8 Å². The van der Waals surface area contributed by atoms with Crippen molar-refractivity contribution in [3.8, 4) is 23.0 Å². The van der Waals surface area contributed by atoms with Gasteiger partial charge in [-0.05, 0) is 146 Å². The molecule has 0 aliphatic rings. The minimum Gasteiger partial charge on any atom is -0.0548 e. The SMILES string of the molecule is Cc1cc(C)c(C(=O)P(=O)(c2ccccc2)c2ccccc2)c(OCc2ccc(C(=O)OCC(COC(=O)c3ccc(COc4cc(C)cc(C)c4C(=O)P(=O)(c4ccccc4)c4ccccc4)cc3)(COC(=O)c3ccc(COc4cc(C)cc(C)c4C(=O)P(=O)(c4ccccc4)c4ccccc4)cc3)COC(=O)c3ccc(COc4cc(C)cc(C)c4C(=O)[PH](O)(c4ccccc4)c4ccccc4)cc3)cc2)c1. The Hall–Kier alpha value is -15.6. The summed E-state index contributed by atoms with van der Waals surface area (Å²) in [6.45, 7) is 11.0. The molecule has 0 saturated heterocycles. The molecule has 20 nitrogen and oxygen atoms in total. The Kier molecular flexibility index (Phi) is 32.0. The van der Waals surface area contributed by atoms with Crippen molar-refractivity contribution in [2.45, 2.75) is 81.8 Å². The minimum atomic E-state index is -4.17. The summed E-state index contributed by atoms with van der Waals surface area (Å²) in [4.78, 5) is 133. The van der Waals surface area contributed by atoms with E-state index in [1.165, 1.54) is 48.5 Å². The van der Waals surface area contributed by atoms with Crippen molar-refractivity contribution in [3.63, 3.8) is 0 Å². The maximum absolute atomic E-state index is 15.5. The molecule has 0 atom stereocenters. The molecule has 0 aliphatic heterocycles. The van der Waals surface area contributed by atoms with Gasteiger partial charge >= 0.3 is 229 Å². The summed E-state index contributed by atoms with van der Waals surface area (Å²) in [5.74, 6) is -2.88. The van der Waals surface area contributed by atoms with E-state index < -0.39 is 107 Å². The molecule has 145 heavy (non-hydrogen) atoms. The summed E-state index contributed by atoms with van der Waals surface area (Å²) in [5, 5.41) is 3.09. The second-order valence-electron chi connectivity index (χ2n) is 36.1. The summed E-state index contributed by atoms with van der Waals surface area (Å²) in [7, 11) is -16.2. The third-order valence-corrected chi connectivity index (χ3v) is 37.1. The Balaban J connectivity index is 0.694. The molecule has 0 saturated carbocycles. The largest absolute Gasteiger partial charge is 0.0548 e. The van der Waals surface area contributed by atoms with Gasteiger partial charge in [-0.3, -0.25) is 14.4 Å². The van der Waals surface area contributed by atoms with Gasteiger partial charge in [-0.25, -0.2) is 14.4 Å². The fourth-order valence-electron chi connectivity index (χ4n) is 17.8. The van der Waals surface area contributed by atoms with Crippen LogP contribution in [0.2, 0.25) is 0 Å². The van der Waals surface area contributed by atoms with Gasteiger partial charge in [0.1, 0.15) is 62.3 Å². The summed E-state index contributed by atoms with van der Waals surface area (Å²) in [6, 6.07) is 108. The van der Waals surface area contributed by atoms with E-state index in [9.17, 15) is 24.1 Å².